The van der Waals surface area contributed by atoms with E-state index in [9.17, 15) is 0 Å². The maximum Gasteiger partial charge on any atom is 0.0595 e. The molecule has 0 aliphatic heterocycles. The van der Waals surface area contributed by atoms with Crippen LogP contribution >= 0.6 is 50.7 Å². The quantitative estimate of drug-likeness (QED) is 0.732. The van der Waals surface area contributed by atoms with Crippen LogP contribution in [-0.4, -0.2) is 0 Å². The molecule has 0 aromatic heterocycles. The highest BCUT2D eigenvalue weighted by Crippen LogP contribution is 2.32. The molecule has 0 amide bonds. The van der Waals surface area contributed by atoms with E-state index in [4.69, 9.17) is 40.5 Å². The Kier molecular flexibility index (Phi) is 5.15. The maximum absolute atomic E-state index is 6.24. The zero-order valence-corrected chi connectivity index (χ0v) is 13.7. The lowest BCUT2D eigenvalue weighted by molar-refractivity contribution is 0.722. The van der Waals surface area contributed by atoms with Gasteiger partial charge in [-0.2, -0.15) is 0 Å². The van der Waals surface area contributed by atoms with Crippen LogP contribution in [0.15, 0.2) is 40.9 Å². The second-order valence-electron chi connectivity index (χ2n) is 4.19. The predicted octanol–water partition coefficient (Wildman–Crippen LogP) is 5.65. The maximum atomic E-state index is 6.24. The Balaban J connectivity index is 2.25. The van der Waals surface area contributed by atoms with Crippen molar-refractivity contribution in [2.75, 3.05) is 0 Å². The van der Waals surface area contributed by atoms with Gasteiger partial charge in [-0.25, -0.2) is 0 Å². The van der Waals surface area contributed by atoms with E-state index in [2.05, 4.69) is 15.9 Å². The van der Waals surface area contributed by atoms with Crippen LogP contribution in [0.1, 0.15) is 17.2 Å². The normalized spacial score (nSPS) is 12.5. The zero-order valence-electron chi connectivity index (χ0n) is 9.84. The fourth-order valence-electron chi connectivity index (χ4n) is 1.84. The first kappa shape index (κ1) is 15.1. The van der Waals surface area contributed by atoms with Gasteiger partial charge in [0.15, 0.2) is 0 Å². The van der Waals surface area contributed by atoms with Crippen LogP contribution in [0.4, 0.5) is 0 Å². The average Bonchev–Trinajstić information content (AvgIpc) is 2.36. The largest absolute Gasteiger partial charge is 0.324 e. The van der Waals surface area contributed by atoms with Crippen molar-refractivity contribution in [3.05, 3.63) is 67.1 Å². The Morgan fingerprint density at radius 1 is 1.11 bits per heavy atom. The summed E-state index contributed by atoms with van der Waals surface area (Å²) in [6.45, 7) is 0. The molecule has 1 nitrogen and oxygen atoms in total. The SMILES string of the molecule is NC(Cc1ccc(Cl)cc1Cl)c1cccc(Br)c1Cl. The van der Waals surface area contributed by atoms with E-state index in [-0.39, 0.29) is 6.04 Å². The molecule has 5 heteroatoms. The second kappa shape index (κ2) is 6.47. The van der Waals surface area contributed by atoms with Crippen LogP contribution in [0.25, 0.3) is 0 Å². The van der Waals surface area contributed by atoms with E-state index in [1.807, 2.05) is 24.3 Å². The van der Waals surface area contributed by atoms with Crippen LogP contribution in [0.2, 0.25) is 15.1 Å². The predicted molar refractivity (Wildman–Crippen MR) is 86.2 cm³/mol. The first-order chi connectivity index (χ1) is 8.99. The van der Waals surface area contributed by atoms with Crippen molar-refractivity contribution >= 4 is 50.7 Å². The molecule has 0 aliphatic rings. The fraction of sp³-hybridized carbons (Fsp3) is 0.143. The molecule has 1 unspecified atom stereocenters. The Bertz CT molecular complexity index is 601. The molecule has 19 heavy (non-hydrogen) atoms. The molecular formula is C14H11BrCl3N. The summed E-state index contributed by atoms with van der Waals surface area (Å²) >= 11 is 21.7. The lowest BCUT2D eigenvalue weighted by Gasteiger charge is -2.15. The van der Waals surface area contributed by atoms with Crippen LogP contribution < -0.4 is 5.73 Å². The lowest BCUT2D eigenvalue weighted by atomic mass is 9.99. The summed E-state index contributed by atoms with van der Waals surface area (Å²) in [5.74, 6) is 0. The molecule has 1 atom stereocenters. The molecule has 2 aromatic carbocycles. The Labute approximate surface area is 135 Å². The van der Waals surface area contributed by atoms with E-state index >= 15 is 0 Å². The van der Waals surface area contributed by atoms with E-state index in [1.54, 1.807) is 12.1 Å². The highest BCUT2D eigenvalue weighted by atomic mass is 79.9. The lowest BCUT2D eigenvalue weighted by Crippen LogP contribution is -2.14. The smallest absolute Gasteiger partial charge is 0.0595 e. The van der Waals surface area contributed by atoms with Gasteiger partial charge < -0.3 is 5.73 Å². The first-order valence-corrected chi connectivity index (χ1v) is 7.55. The molecule has 0 bridgehead atoms. The summed E-state index contributed by atoms with van der Waals surface area (Å²) in [5.41, 5.74) is 8.05. The Morgan fingerprint density at radius 3 is 2.53 bits per heavy atom. The summed E-state index contributed by atoms with van der Waals surface area (Å²) in [6.07, 6.45) is 0.603. The molecule has 0 spiro atoms. The molecule has 2 N–H and O–H groups in total. The number of halogens is 4. The van der Waals surface area contributed by atoms with Crippen LogP contribution in [0.3, 0.4) is 0 Å². The average molecular weight is 380 g/mol. The van der Waals surface area contributed by atoms with E-state index < -0.39 is 0 Å². The first-order valence-electron chi connectivity index (χ1n) is 5.62. The van der Waals surface area contributed by atoms with E-state index in [0.29, 0.717) is 21.5 Å². The van der Waals surface area contributed by atoms with Gasteiger partial charge in [0, 0.05) is 20.6 Å². The zero-order chi connectivity index (χ0) is 14.0. The van der Waals surface area contributed by atoms with Gasteiger partial charge >= 0.3 is 0 Å². The summed E-state index contributed by atoms with van der Waals surface area (Å²) in [6, 6.07) is 10.9. The minimum Gasteiger partial charge on any atom is -0.324 e. The highest BCUT2D eigenvalue weighted by Gasteiger charge is 2.14. The van der Waals surface area contributed by atoms with Gasteiger partial charge in [0.05, 0.1) is 5.02 Å². The molecule has 0 radical (unpaired) electrons. The van der Waals surface area contributed by atoms with Crippen LogP contribution in [0, 0.1) is 0 Å². The summed E-state index contributed by atoms with van der Waals surface area (Å²) in [7, 11) is 0. The third-order valence-corrected chi connectivity index (χ3v) is 4.73. The van der Waals surface area contributed by atoms with Gasteiger partial charge in [-0.3, -0.25) is 0 Å². The molecule has 0 saturated carbocycles. The third kappa shape index (κ3) is 3.65. The van der Waals surface area contributed by atoms with Crippen molar-refractivity contribution in [1.29, 1.82) is 0 Å². The van der Waals surface area contributed by atoms with Gasteiger partial charge in [0.25, 0.3) is 0 Å². The van der Waals surface area contributed by atoms with E-state index in [1.165, 1.54) is 0 Å². The number of rotatable bonds is 3. The molecule has 0 aliphatic carbocycles. The fourth-order valence-corrected chi connectivity index (χ4v) is 2.97. The van der Waals surface area contributed by atoms with Crippen molar-refractivity contribution in [3.63, 3.8) is 0 Å². The summed E-state index contributed by atoms with van der Waals surface area (Å²) in [5, 5.41) is 1.87. The monoisotopic (exact) mass is 377 g/mol. The highest BCUT2D eigenvalue weighted by molar-refractivity contribution is 9.10. The van der Waals surface area contributed by atoms with Gasteiger partial charge in [-0.1, -0.05) is 53.0 Å². The number of hydrogen-bond donors (Lipinski definition) is 1. The minimum absolute atomic E-state index is 0.219. The van der Waals surface area contributed by atoms with E-state index in [0.717, 1.165) is 15.6 Å². The Morgan fingerprint density at radius 2 is 1.84 bits per heavy atom. The van der Waals surface area contributed by atoms with Gasteiger partial charge in [-0.15, -0.1) is 0 Å². The van der Waals surface area contributed by atoms with Gasteiger partial charge in [0.2, 0.25) is 0 Å². The second-order valence-corrected chi connectivity index (χ2v) is 6.27. The van der Waals surface area contributed by atoms with Gasteiger partial charge in [-0.05, 0) is 51.7 Å². The van der Waals surface area contributed by atoms with Crippen molar-refractivity contribution in [2.24, 2.45) is 5.73 Å². The number of benzene rings is 2. The molecule has 100 valence electrons. The summed E-state index contributed by atoms with van der Waals surface area (Å²) < 4.78 is 0.837. The number of nitrogens with two attached hydrogens (primary N) is 1. The van der Waals surface area contributed by atoms with Crippen LogP contribution in [-0.2, 0) is 6.42 Å². The standard InChI is InChI=1S/C14H11BrCl3N/c15-11-3-1-2-10(14(11)18)13(19)6-8-4-5-9(16)7-12(8)17/h1-5,7,13H,6,19H2. The van der Waals surface area contributed by atoms with Crippen molar-refractivity contribution in [2.45, 2.75) is 12.5 Å². The summed E-state index contributed by atoms with van der Waals surface area (Å²) in [4.78, 5) is 0. The van der Waals surface area contributed by atoms with Crippen molar-refractivity contribution in [1.82, 2.24) is 0 Å². The van der Waals surface area contributed by atoms with Gasteiger partial charge in [0.1, 0.15) is 0 Å². The molecule has 0 saturated heterocycles. The molecule has 0 fully saturated rings. The molecule has 0 heterocycles. The molecular weight excluding hydrogens is 368 g/mol. The molecule has 2 rings (SSSR count). The van der Waals surface area contributed by atoms with Crippen molar-refractivity contribution in [3.8, 4) is 0 Å². The minimum atomic E-state index is -0.219. The number of hydrogen-bond acceptors (Lipinski definition) is 1. The third-order valence-electron chi connectivity index (χ3n) is 2.84. The van der Waals surface area contributed by atoms with Crippen LogP contribution in [0.5, 0.6) is 0 Å². The topological polar surface area (TPSA) is 26.0 Å². The van der Waals surface area contributed by atoms with Crippen molar-refractivity contribution < 1.29 is 0 Å². The molecule has 2 aromatic rings. The Hall–Kier alpha value is -0.250.